The Morgan fingerprint density at radius 3 is 1.82 bits per heavy atom. The van der Waals surface area contributed by atoms with E-state index in [1.165, 1.54) is 0 Å². The van der Waals surface area contributed by atoms with Crippen molar-refractivity contribution in [3.8, 4) is 0 Å². The molecule has 0 N–H and O–H groups in total. The second kappa shape index (κ2) is 4.51. The Hall–Kier alpha value is -1.32. The Morgan fingerprint density at radius 1 is 1.06 bits per heavy atom. The van der Waals surface area contributed by atoms with E-state index in [1.54, 1.807) is 13.8 Å². The van der Waals surface area contributed by atoms with Crippen molar-refractivity contribution in [1.82, 2.24) is 0 Å². The largest absolute Gasteiger partial charge is 0.465 e. The predicted octanol–water partition coefficient (Wildman–Crippen LogP) is 1.70. The Morgan fingerprint density at radius 2 is 1.47 bits per heavy atom. The molecule has 4 heteroatoms. The summed E-state index contributed by atoms with van der Waals surface area (Å²) < 4.78 is 10.1. The number of carbonyl (C=O) groups excluding carboxylic acids is 2. The van der Waals surface area contributed by atoms with Gasteiger partial charge in [0.15, 0.2) is 5.41 Å². The van der Waals surface area contributed by atoms with Gasteiger partial charge in [-0.15, -0.1) is 0 Å². The molecular formula is C13H18O4. The quantitative estimate of drug-likeness (QED) is 0.425. The van der Waals surface area contributed by atoms with E-state index in [1.807, 2.05) is 12.2 Å². The summed E-state index contributed by atoms with van der Waals surface area (Å²) in [6.45, 7) is 4.10. The first-order valence-corrected chi connectivity index (χ1v) is 6.19. The van der Waals surface area contributed by atoms with Crippen LogP contribution in [-0.2, 0) is 19.1 Å². The lowest BCUT2D eigenvalue weighted by atomic mass is 10.0. The van der Waals surface area contributed by atoms with Crippen molar-refractivity contribution in [3.63, 3.8) is 0 Å². The standard InChI is InChI=1S/C13H18O4/c1-3-16-11(14)13(12(15)17-4-2)9-7-5-6-8-10(9)13/h5-6,9-10H,3-4,7-8H2,1-2H3. The summed E-state index contributed by atoms with van der Waals surface area (Å²) in [5.74, 6) is -0.662. The summed E-state index contributed by atoms with van der Waals surface area (Å²) in [5, 5.41) is 0. The maximum atomic E-state index is 12.1. The Labute approximate surface area is 101 Å². The predicted molar refractivity (Wildman–Crippen MR) is 61.1 cm³/mol. The zero-order chi connectivity index (χ0) is 12.5. The molecule has 0 spiro atoms. The average Bonchev–Trinajstić information content (AvgIpc) is 2.99. The van der Waals surface area contributed by atoms with Gasteiger partial charge in [-0.1, -0.05) is 12.2 Å². The Balaban J connectivity index is 2.20. The van der Waals surface area contributed by atoms with Gasteiger partial charge >= 0.3 is 11.9 Å². The van der Waals surface area contributed by atoms with Crippen LogP contribution in [0.3, 0.4) is 0 Å². The SMILES string of the molecule is CCOC(=O)C1(C(=O)OCC)C2CC=CCC21. The number of hydrogen-bond donors (Lipinski definition) is 0. The van der Waals surface area contributed by atoms with Crippen LogP contribution in [0.2, 0.25) is 0 Å². The average molecular weight is 238 g/mol. The number of rotatable bonds is 4. The first-order valence-electron chi connectivity index (χ1n) is 6.19. The van der Waals surface area contributed by atoms with Gasteiger partial charge < -0.3 is 9.47 Å². The van der Waals surface area contributed by atoms with E-state index in [0.29, 0.717) is 13.2 Å². The maximum Gasteiger partial charge on any atom is 0.324 e. The van der Waals surface area contributed by atoms with E-state index in [-0.39, 0.29) is 11.8 Å². The molecular weight excluding hydrogens is 220 g/mol. The fourth-order valence-electron chi connectivity index (χ4n) is 2.91. The molecule has 0 aromatic heterocycles. The highest BCUT2D eigenvalue weighted by atomic mass is 16.6. The van der Waals surface area contributed by atoms with E-state index in [2.05, 4.69) is 0 Å². The molecule has 94 valence electrons. The van der Waals surface area contributed by atoms with Crippen LogP contribution in [0.4, 0.5) is 0 Å². The minimum absolute atomic E-state index is 0.0746. The summed E-state index contributed by atoms with van der Waals surface area (Å²) in [6.07, 6.45) is 5.59. The Kier molecular flexibility index (Phi) is 3.22. The van der Waals surface area contributed by atoms with Crippen molar-refractivity contribution < 1.29 is 19.1 Å². The summed E-state index contributed by atoms with van der Waals surface area (Å²) in [7, 11) is 0. The van der Waals surface area contributed by atoms with Crippen LogP contribution in [0.25, 0.3) is 0 Å². The van der Waals surface area contributed by atoms with Crippen molar-refractivity contribution in [2.45, 2.75) is 26.7 Å². The monoisotopic (exact) mass is 238 g/mol. The molecule has 2 atom stereocenters. The molecule has 0 aromatic rings. The lowest BCUT2D eigenvalue weighted by molar-refractivity contribution is -0.165. The third kappa shape index (κ3) is 1.66. The van der Waals surface area contributed by atoms with Crippen LogP contribution < -0.4 is 0 Å². The van der Waals surface area contributed by atoms with Gasteiger partial charge in [0.1, 0.15) is 0 Å². The third-order valence-corrected chi connectivity index (χ3v) is 3.72. The first-order chi connectivity index (χ1) is 8.19. The van der Waals surface area contributed by atoms with Gasteiger partial charge in [-0.05, 0) is 38.5 Å². The molecule has 0 saturated heterocycles. The molecule has 4 nitrogen and oxygen atoms in total. The molecule has 2 unspecified atom stereocenters. The van der Waals surface area contributed by atoms with Gasteiger partial charge in [0.2, 0.25) is 0 Å². The smallest absolute Gasteiger partial charge is 0.324 e. The second-order valence-electron chi connectivity index (χ2n) is 4.47. The molecule has 0 radical (unpaired) electrons. The minimum Gasteiger partial charge on any atom is -0.465 e. The van der Waals surface area contributed by atoms with E-state index in [4.69, 9.17) is 9.47 Å². The second-order valence-corrected chi connectivity index (χ2v) is 4.47. The van der Waals surface area contributed by atoms with Crippen LogP contribution in [0.15, 0.2) is 12.2 Å². The van der Waals surface area contributed by atoms with Crippen molar-refractivity contribution in [3.05, 3.63) is 12.2 Å². The van der Waals surface area contributed by atoms with Gasteiger partial charge in [-0.3, -0.25) is 9.59 Å². The van der Waals surface area contributed by atoms with Gasteiger partial charge in [-0.2, -0.15) is 0 Å². The number of ether oxygens (including phenoxy) is 2. The number of fused-ring (bicyclic) bond motifs is 1. The molecule has 0 heterocycles. The molecule has 2 rings (SSSR count). The van der Waals surface area contributed by atoms with E-state index in [9.17, 15) is 9.59 Å². The normalized spacial score (nSPS) is 28.1. The fraction of sp³-hybridized carbons (Fsp3) is 0.692. The highest BCUT2D eigenvalue weighted by molar-refractivity contribution is 6.04. The molecule has 0 amide bonds. The topological polar surface area (TPSA) is 52.6 Å². The lowest BCUT2D eigenvalue weighted by Crippen LogP contribution is -2.33. The van der Waals surface area contributed by atoms with Crippen LogP contribution in [0, 0.1) is 17.3 Å². The number of allylic oxidation sites excluding steroid dienone is 2. The van der Waals surface area contributed by atoms with Gasteiger partial charge in [0.25, 0.3) is 0 Å². The highest BCUT2D eigenvalue weighted by Crippen LogP contribution is 2.65. The number of hydrogen-bond acceptors (Lipinski definition) is 4. The first kappa shape index (κ1) is 12.1. The minimum atomic E-state index is -1.02. The van der Waals surface area contributed by atoms with Gasteiger partial charge in [0.05, 0.1) is 13.2 Å². The van der Waals surface area contributed by atoms with Crippen LogP contribution in [0.5, 0.6) is 0 Å². The van der Waals surface area contributed by atoms with Crippen molar-refractivity contribution in [2.24, 2.45) is 17.3 Å². The van der Waals surface area contributed by atoms with Crippen LogP contribution in [-0.4, -0.2) is 25.2 Å². The van der Waals surface area contributed by atoms with Gasteiger partial charge in [-0.25, -0.2) is 0 Å². The summed E-state index contributed by atoms with van der Waals surface area (Å²) in [4.78, 5) is 24.1. The van der Waals surface area contributed by atoms with Crippen LogP contribution >= 0.6 is 0 Å². The molecule has 0 aliphatic heterocycles. The van der Waals surface area contributed by atoms with Gasteiger partial charge in [0, 0.05) is 0 Å². The number of carbonyl (C=O) groups is 2. The molecule has 0 aromatic carbocycles. The molecule has 1 saturated carbocycles. The summed E-state index contributed by atoms with van der Waals surface area (Å²) in [5.41, 5.74) is -1.02. The molecule has 0 bridgehead atoms. The molecule has 17 heavy (non-hydrogen) atoms. The molecule has 2 aliphatic carbocycles. The molecule has 1 fully saturated rings. The Bertz CT molecular complexity index is 324. The van der Waals surface area contributed by atoms with Crippen LogP contribution in [0.1, 0.15) is 26.7 Å². The van der Waals surface area contributed by atoms with Crippen molar-refractivity contribution >= 4 is 11.9 Å². The summed E-state index contributed by atoms with van der Waals surface area (Å²) >= 11 is 0. The maximum absolute atomic E-state index is 12.1. The van der Waals surface area contributed by atoms with E-state index in [0.717, 1.165) is 12.8 Å². The summed E-state index contributed by atoms with van der Waals surface area (Å²) in [6, 6.07) is 0. The van der Waals surface area contributed by atoms with E-state index >= 15 is 0 Å². The fourth-order valence-corrected chi connectivity index (χ4v) is 2.91. The zero-order valence-corrected chi connectivity index (χ0v) is 10.3. The molecule has 2 aliphatic rings. The third-order valence-electron chi connectivity index (χ3n) is 3.72. The highest BCUT2D eigenvalue weighted by Gasteiger charge is 2.75. The zero-order valence-electron chi connectivity index (χ0n) is 10.3. The lowest BCUT2D eigenvalue weighted by Gasteiger charge is -2.14. The van der Waals surface area contributed by atoms with E-state index < -0.39 is 17.4 Å². The van der Waals surface area contributed by atoms with Crippen molar-refractivity contribution in [1.29, 1.82) is 0 Å². The van der Waals surface area contributed by atoms with Crippen molar-refractivity contribution in [2.75, 3.05) is 13.2 Å². The number of esters is 2.